The fourth-order valence-electron chi connectivity index (χ4n) is 1.16. The highest BCUT2D eigenvalue weighted by Gasteiger charge is 2.13. The molecule has 0 amide bonds. The molecular formula is C11H8N2O3. The second-order valence-corrected chi connectivity index (χ2v) is 2.97. The summed E-state index contributed by atoms with van der Waals surface area (Å²) in [5, 5.41) is 16.1. The molecule has 0 aliphatic carbocycles. The molecule has 80 valence electrons. The molecule has 0 atom stereocenters. The number of ether oxygens (including phenoxy) is 1. The monoisotopic (exact) mass is 216 g/mol. The molecule has 0 saturated carbocycles. The van der Waals surface area contributed by atoms with Gasteiger partial charge in [0.2, 0.25) is 0 Å². The Labute approximate surface area is 91.3 Å². The Morgan fingerprint density at radius 2 is 1.94 bits per heavy atom. The van der Waals surface area contributed by atoms with Crippen LogP contribution >= 0.6 is 0 Å². The molecule has 1 aromatic heterocycles. The van der Waals surface area contributed by atoms with Gasteiger partial charge >= 0.3 is 5.97 Å². The van der Waals surface area contributed by atoms with Crippen LogP contribution in [0.25, 0.3) is 0 Å². The molecule has 0 aliphatic rings. The molecule has 0 spiro atoms. The third kappa shape index (κ3) is 2.14. The Morgan fingerprint density at radius 1 is 1.19 bits per heavy atom. The Kier molecular flexibility index (Phi) is 2.77. The van der Waals surface area contributed by atoms with Crippen LogP contribution in [0.5, 0.6) is 11.6 Å². The maximum atomic E-state index is 10.9. The van der Waals surface area contributed by atoms with Gasteiger partial charge < -0.3 is 9.84 Å². The van der Waals surface area contributed by atoms with Gasteiger partial charge in [0.15, 0.2) is 0 Å². The molecule has 0 unspecified atom stereocenters. The summed E-state index contributed by atoms with van der Waals surface area (Å²) < 4.78 is 5.32. The van der Waals surface area contributed by atoms with E-state index in [4.69, 9.17) is 9.84 Å². The van der Waals surface area contributed by atoms with E-state index in [0.717, 1.165) is 0 Å². The summed E-state index contributed by atoms with van der Waals surface area (Å²) in [6.07, 6.45) is 1.31. The van der Waals surface area contributed by atoms with E-state index in [2.05, 4.69) is 10.2 Å². The van der Waals surface area contributed by atoms with E-state index >= 15 is 0 Å². The van der Waals surface area contributed by atoms with Gasteiger partial charge in [0.25, 0.3) is 5.88 Å². The topological polar surface area (TPSA) is 72.3 Å². The Bertz CT molecular complexity index is 500. The molecule has 0 saturated heterocycles. The molecule has 0 fully saturated rings. The number of nitrogens with zero attached hydrogens (tertiary/aromatic N) is 2. The number of carboxylic acids is 1. The van der Waals surface area contributed by atoms with Crippen LogP contribution in [0.4, 0.5) is 0 Å². The van der Waals surface area contributed by atoms with Crippen LogP contribution < -0.4 is 4.74 Å². The molecule has 5 nitrogen and oxygen atoms in total. The number of carboxylic acid groups (broad SMARTS) is 1. The number of carbonyl (C=O) groups is 1. The quantitative estimate of drug-likeness (QED) is 0.849. The molecule has 1 aromatic carbocycles. The van der Waals surface area contributed by atoms with Gasteiger partial charge in [-0.2, -0.15) is 5.10 Å². The van der Waals surface area contributed by atoms with Gasteiger partial charge in [-0.15, -0.1) is 5.10 Å². The van der Waals surface area contributed by atoms with Crippen molar-refractivity contribution in [3.8, 4) is 11.6 Å². The predicted octanol–water partition coefficient (Wildman–Crippen LogP) is 1.97. The maximum Gasteiger partial charge on any atom is 0.341 e. The lowest BCUT2D eigenvalue weighted by molar-refractivity contribution is 0.0693. The minimum absolute atomic E-state index is 0.0128. The number of aromatic nitrogens is 2. The maximum absolute atomic E-state index is 10.9. The van der Waals surface area contributed by atoms with Crippen molar-refractivity contribution in [3.63, 3.8) is 0 Å². The molecule has 2 rings (SSSR count). The second-order valence-electron chi connectivity index (χ2n) is 2.97. The number of rotatable bonds is 3. The average Bonchev–Trinajstić information content (AvgIpc) is 2.31. The number of para-hydroxylation sites is 1. The third-order valence-electron chi connectivity index (χ3n) is 1.87. The number of hydrogen-bond donors (Lipinski definition) is 1. The van der Waals surface area contributed by atoms with Gasteiger partial charge in [-0.05, 0) is 18.2 Å². The largest absolute Gasteiger partial charge is 0.477 e. The van der Waals surface area contributed by atoms with Crippen molar-refractivity contribution in [2.24, 2.45) is 0 Å². The van der Waals surface area contributed by atoms with E-state index in [1.807, 2.05) is 6.07 Å². The van der Waals surface area contributed by atoms with Crippen LogP contribution in [0.1, 0.15) is 10.4 Å². The smallest absolute Gasteiger partial charge is 0.341 e. The minimum atomic E-state index is -1.10. The highest BCUT2D eigenvalue weighted by molar-refractivity contribution is 5.90. The van der Waals surface area contributed by atoms with Crippen molar-refractivity contribution in [2.45, 2.75) is 0 Å². The van der Waals surface area contributed by atoms with Gasteiger partial charge in [0, 0.05) is 0 Å². The van der Waals surface area contributed by atoms with Gasteiger partial charge in [0.05, 0.1) is 6.20 Å². The lowest BCUT2D eigenvalue weighted by atomic mass is 10.3. The zero-order valence-electron chi connectivity index (χ0n) is 8.20. The third-order valence-corrected chi connectivity index (χ3v) is 1.87. The molecule has 1 heterocycles. The van der Waals surface area contributed by atoms with Crippen molar-refractivity contribution < 1.29 is 14.6 Å². The van der Waals surface area contributed by atoms with Crippen LogP contribution in [0.3, 0.4) is 0 Å². The zero-order chi connectivity index (χ0) is 11.4. The van der Waals surface area contributed by atoms with Crippen LogP contribution in [0.15, 0.2) is 42.6 Å². The highest BCUT2D eigenvalue weighted by atomic mass is 16.5. The van der Waals surface area contributed by atoms with Crippen molar-refractivity contribution in [2.75, 3.05) is 0 Å². The van der Waals surface area contributed by atoms with Gasteiger partial charge in [0.1, 0.15) is 11.3 Å². The van der Waals surface area contributed by atoms with Gasteiger partial charge in [-0.1, -0.05) is 18.2 Å². The van der Waals surface area contributed by atoms with Crippen LogP contribution in [0.2, 0.25) is 0 Å². The van der Waals surface area contributed by atoms with Gasteiger partial charge in [-0.25, -0.2) is 4.79 Å². The molecule has 0 radical (unpaired) electrons. The van der Waals surface area contributed by atoms with Crippen molar-refractivity contribution >= 4 is 5.97 Å². The summed E-state index contributed by atoms with van der Waals surface area (Å²) in [4.78, 5) is 10.9. The first kappa shape index (κ1) is 10.1. The summed E-state index contributed by atoms with van der Waals surface area (Å²) in [6.45, 7) is 0. The summed E-state index contributed by atoms with van der Waals surface area (Å²) >= 11 is 0. The molecule has 1 N–H and O–H groups in total. The highest BCUT2D eigenvalue weighted by Crippen LogP contribution is 2.21. The molecule has 16 heavy (non-hydrogen) atoms. The van der Waals surface area contributed by atoms with Crippen LogP contribution in [-0.4, -0.2) is 21.3 Å². The van der Waals surface area contributed by atoms with Gasteiger partial charge in [-0.3, -0.25) is 0 Å². The van der Waals surface area contributed by atoms with E-state index in [-0.39, 0.29) is 11.4 Å². The predicted molar refractivity (Wildman–Crippen MR) is 55.5 cm³/mol. The van der Waals surface area contributed by atoms with Crippen LogP contribution in [0, 0.1) is 0 Å². The first-order chi connectivity index (χ1) is 7.77. The summed E-state index contributed by atoms with van der Waals surface area (Å²) in [7, 11) is 0. The summed E-state index contributed by atoms with van der Waals surface area (Å²) in [6, 6.07) is 10.2. The minimum Gasteiger partial charge on any atom is -0.477 e. The van der Waals surface area contributed by atoms with E-state index in [1.165, 1.54) is 12.3 Å². The summed E-state index contributed by atoms with van der Waals surface area (Å²) in [5.74, 6) is -0.590. The normalized spacial score (nSPS) is 9.75. The van der Waals surface area contributed by atoms with E-state index in [9.17, 15) is 4.79 Å². The summed E-state index contributed by atoms with van der Waals surface area (Å²) in [5.41, 5.74) is -0.0150. The molecule has 5 heteroatoms. The molecule has 0 aliphatic heterocycles. The second kappa shape index (κ2) is 4.39. The fraction of sp³-hybridized carbons (Fsp3) is 0. The Morgan fingerprint density at radius 3 is 2.62 bits per heavy atom. The Balaban J connectivity index is 2.31. The standard InChI is InChI=1S/C11H8N2O3/c14-11(15)9-6-7-12-13-10(9)16-8-4-2-1-3-5-8/h1-7H,(H,14,15). The number of aromatic carboxylic acids is 1. The molecule has 2 aromatic rings. The van der Waals surface area contributed by atoms with E-state index in [1.54, 1.807) is 24.3 Å². The number of hydrogen-bond acceptors (Lipinski definition) is 4. The SMILES string of the molecule is O=C(O)c1ccnnc1Oc1ccccc1. The molecule has 0 bridgehead atoms. The van der Waals surface area contributed by atoms with Crippen molar-refractivity contribution in [1.29, 1.82) is 0 Å². The zero-order valence-corrected chi connectivity index (χ0v) is 8.20. The lowest BCUT2D eigenvalue weighted by Gasteiger charge is -2.05. The molecular weight excluding hydrogens is 208 g/mol. The first-order valence-corrected chi connectivity index (χ1v) is 4.55. The lowest BCUT2D eigenvalue weighted by Crippen LogP contribution is -2.02. The van der Waals surface area contributed by atoms with Crippen molar-refractivity contribution in [3.05, 3.63) is 48.2 Å². The number of benzene rings is 1. The first-order valence-electron chi connectivity index (χ1n) is 4.55. The van der Waals surface area contributed by atoms with Crippen molar-refractivity contribution in [1.82, 2.24) is 10.2 Å². The fourth-order valence-corrected chi connectivity index (χ4v) is 1.16. The average molecular weight is 216 g/mol. The Hall–Kier alpha value is -2.43. The van der Waals surface area contributed by atoms with Crippen LogP contribution in [-0.2, 0) is 0 Å². The van der Waals surface area contributed by atoms with E-state index in [0.29, 0.717) is 5.75 Å². The van der Waals surface area contributed by atoms with E-state index < -0.39 is 5.97 Å².